The predicted molar refractivity (Wildman–Crippen MR) is 144 cm³/mol. The number of nitrogens with one attached hydrogen (secondary N) is 1. The van der Waals surface area contributed by atoms with Crippen molar-refractivity contribution in [2.75, 3.05) is 24.2 Å². The molecule has 0 heterocycles. The molecule has 36 heavy (non-hydrogen) atoms. The molecule has 1 atom stereocenters. The Morgan fingerprint density at radius 2 is 1.72 bits per heavy atom. The van der Waals surface area contributed by atoms with Crippen molar-refractivity contribution < 1.29 is 22.7 Å². The number of hydrogen-bond acceptors (Lipinski definition) is 5. The minimum Gasteiger partial charge on any atom is -0.495 e. The molecule has 10 heteroatoms. The molecule has 0 unspecified atom stereocenters. The summed E-state index contributed by atoms with van der Waals surface area (Å²) in [7, 11) is -2.38. The largest absolute Gasteiger partial charge is 0.495 e. The molecule has 1 aliphatic carbocycles. The fraction of sp³-hybridized carbons (Fsp3) is 0.462. The van der Waals surface area contributed by atoms with Gasteiger partial charge in [-0.05, 0) is 49.6 Å². The van der Waals surface area contributed by atoms with Crippen LogP contribution in [0.4, 0.5) is 5.69 Å². The number of sulfonamides is 1. The molecule has 1 saturated carbocycles. The molecule has 0 aliphatic heterocycles. The van der Waals surface area contributed by atoms with E-state index in [0.29, 0.717) is 5.75 Å². The predicted octanol–water partition coefficient (Wildman–Crippen LogP) is 4.09. The second-order valence-electron chi connectivity index (χ2n) is 9.11. The second kappa shape index (κ2) is 12.6. The highest BCUT2D eigenvalue weighted by Gasteiger charge is 2.32. The van der Waals surface area contributed by atoms with Gasteiger partial charge >= 0.3 is 0 Å². The first kappa shape index (κ1) is 28.0. The topological polar surface area (TPSA) is 96.0 Å². The van der Waals surface area contributed by atoms with Gasteiger partial charge in [-0.1, -0.05) is 59.5 Å². The third kappa shape index (κ3) is 7.46. The molecule has 1 aliphatic rings. The number of halogens is 1. The molecule has 2 aromatic carbocycles. The van der Waals surface area contributed by atoms with Crippen LogP contribution in [0.25, 0.3) is 0 Å². The highest BCUT2D eigenvalue weighted by atomic mass is 79.9. The Hall–Kier alpha value is -2.59. The summed E-state index contributed by atoms with van der Waals surface area (Å²) < 4.78 is 32.7. The van der Waals surface area contributed by atoms with Gasteiger partial charge in [-0.2, -0.15) is 0 Å². The fourth-order valence-corrected chi connectivity index (χ4v) is 5.49. The number of benzene rings is 2. The summed E-state index contributed by atoms with van der Waals surface area (Å²) in [6, 6.07) is 13.4. The Balaban J connectivity index is 1.89. The van der Waals surface area contributed by atoms with Gasteiger partial charge in [0.25, 0.3) is 0 Å². The molecular formula is C26H34BrN3O5S. The van der Waals surface area contributed by atoms with Gasteiger partial charge in [-0.25, -0.2) is 8.42 Å². The van der Waals surface area contributed by atoms with Gasteiger partial charge in [0.15, 0.2) is 0 Å². The maximum Gasteiger partial charge on any atom is 0.244 e. The van der Waals surface area contributed by atoms with Gasteiger partial charge in [-0.15, -0.1) is 0 Å². The van der Waals surface area contributed by atoms with Crippen LogP contribution in [0.1, 0.15) is 44.6 Å². The second-order valence-corrected chi connectivity index (χ2v) is 11.9. The lowest BCUT2D eigenvalue weighted by Gasteiger charge is -2.33. The van der Waals surface area contributed by atoms with Crippen molar-refractivity contribution in [2.24, 2.45) is 0 Å². The van der Waals surface area contributed by atoms with E-state index in [1.54, 1.807) is 31.2 Å². The zero-order valence-corrected chi connectivity index (χ0v) is 23.3. The summed E-state index contributed by atoms with van der Waals surface area (Å²) in [5.41, 5.74) is 1.09. The van der Waals surface area contributed by atoms with Crippen molar-refractivity contribution in [3.63, 3.8) is 0 Å². The Labute approximate surface area is 222 Å². The van der Waals surface area contributed by atoms with Gasteiger partial charge in [0.2, 0.25) is 21.8 Å². The highest BCUT2D eigenvalue weighted by Crippen LogP contribution is 2.29. The third-order valence-electron chi connectivity index (χ3n) is 6.42. The van der Waals surface area contributed by atoms with E-state index in [0.717, 1.165) is 46.3 Å². The van der Waals surface area contributed by atoms with Gasteiger partial charge < -0.3 is 15.0 Å². The van der Waals surface area contributed by atoms with Crippen molar-refractivity contribution in [2.45, 2.75) is 57.7 Å². The number of rotatable bonds is 10. The first-order valence-corrected chi connectivity index (χ1v) is 14.7. The standard InChI is InChI=1S/C26H34BrN3O5S/c1-19(26(32)28-22-9-5-4-6-10-22)29(17-20-13-15-21(27)16-14-20)25(31)18-30(36(3,33)34)23-11-7-8-12-24(23)35-2/h7-8,11-16,19,22H,4-6,9-10,17-18H2,1-3H3,(H,28,32)/t19-/m1/s1. The summed E-state index contributed by atoms with van der Waals surface area (Å²) in [5, 5.41) is 3.09. The quantitative estimate of drug-likeness (QED) is 0.457. The molecule has 3 rings (SSSR count). The number of nitrogens with zero attached hydrogens (tertiary/aromatic N) is 2. The molecule has 0 aromatic heterocycles. The third-order valence-corrected chi connectivity index (χ3v) is 8.07. The maximum atomic E-state index is 13.7. The van der Waals surface area contributed by atoms with Gasteiger partial charge in [-0.3, -0.25) is 13.9 Å². The SMILES string of the molecule is COc1ccccc1N(CC(=O)N(Cc1ccc(Br)cc1)[C@H](C)C(=O)NC1CCCCC1)S(C)(=O)=O. The number of anilines is 1. The zero-order chi connectivity index (χ0) is 26.3. The summed E-state index contributed by atoms with van der Waals surface area (Å²) in [5.74, 6) is -0.394. The molecule has 1 fully saturated rings. The number of hydrogen-bond donors (Lipinski definition) is 1. The van der Waals surface area contributed by atoms with Crippen molar-refractivity contribution in [3.8, 4) is 5.75 Å². The lowest BCUT2D eigenvalue weighted by molar-refractivity contribution is -0.139. The normalized spacial score (nSPS) is 15.1. The minimum atomic E-state index is -3.83. The number of methoxy groups -OCH3 is 1. The van der Waals surface area contributed by atoms with Crippen LogP contribution in [0.2, 0.25) is 0 Å². The molecule has 2 amide bonds. The van der Waals surface area contributed by atoms with Gasteiger partial charge in [0.05, 0.1) is 19.1 Å². The van der Waals surface area contributed by atoms with E-state index in [9.17, 15) is 18.0 Å². The van der Waals surface area contributed by atoms with Gasteiger partial charge in [0, 0.05) is 17.1 Å². The number of carbonyl (C=O) groups is 2. The molecule has 0 saturated heterocycles. The Bertz CT molecular complexity index is 1150. The van der Waals surface area contributed by atoms with Gasteiger partial charge in [0.1, 0.15) is 18.3 Å². The summed E-state index contributed by atoms with van der Waals surface area (Å²) in [6.45, 7) is 1.38. The molecule has 0 radical (unpaired) electrons. The average molecular weight is 581 g/mol. The van der Waals surface area contributed by atoms with E-state index in [2.05, 4.69) is 21.2 Å². The number of carbonyl (C=O) groups excluding carboxylic acids is 2. The molecule has 2 aromatic rings. The summed E-state index contributed by atoms with van der Waals surface area (Å²) in [6.07, 6.45) is 6.21. The van der Waals surface area contributed by atoms with Crippen molar-refractivity contribution in [1.29, 1.82) is 0 Å². The first-order valence-electron chi connectivity index (χ1n) is 12.0. The van der Waals surface area contributed by atoms with E-state index < -0.39 is 28.5 Å². The Morgan fingerprint density at radius 1 is 1.08 bits per heavy atom. The summed E-state index contributed by atoms with van der Waals surface area (Å²) in [4.78, 5) is 28.3. The van der Waals surface area contributed by atoms with Crippen LogP contribution in [0.3, 0.4) is 0 Å². The van der Waals surface area contributed by atoms with E-state index in [-0.39, 0.29) is 24.2 Å². The highest BCUT2D eigenvalue weighted by molar-refractivity contribution is 9.10. The molecule has 0 spiro atoms. The molecule has 8 nitrogen and oxygen atoms in total. The lowest BCUT2D eigenvalue weighted by atomic mass is 9.95. The molecule has 196 valence electrons. The molecule has 1 N–H and O–H groups in total. The molecular weight excluding hydrogens is 546 g/mol. The Morgan fingerprint density at radius 3 is 2.33 bits per heavy atom. The zero-order valence-electron chi connectivity index (χ0n) is 20.9. The van der Waals surface area contributed by atoms with Crippen LogP contribution in [-0.2, 0) is 26.2 Å². The van der Waals surface area contributed by atoms with E-state index in [1.165, 1.54) is 18.4 Å². The van der Waals surface area contributed by atoms with Crippen LogP contribution < -0.4 is 14.4 Å². The molecule has 0 bridgehead atoms. The average Bonchev–Trinajstić information content (AvgIpc) is 2.86. The minimum absolute atomic E-state index is 0.0967. The smallest absolute Gasteiger partial charge is 0.244 e. The maximum absolute atomic E-state index is 13.7. The van der Waals surface area contributed by atoms with Crippen molar-refractivity contribution >= 4 is 43.5 Å². The van der Waals surface area contributed by atoms with E-state index >= 15 is 0 Å². The van der Waals surface area contributed by atoms with E-state index in [4.69, 9.17) is 4.74 Å². The van der Waals surface area contributed by atoms with E-state index in [1.807, 2.05) is 24.3 Å². The van der Waals surface area contributed by atoms with Crippen molar-refractivity contribution in [3.05, 3.63) is 58.6 Å². The first-order chi connectivity index (χ1) is 17.1. The van der Waals surface area contributed by atoms with Crippen LogP contribution >= 0.6 is 15.9 Å². The number of amides is 2. The lowest BCUT2D eigenvalue weighted by Crippen LogP contribution is -2.53. The summed E-state index contributed by atoms with van der Waals surface area (Å²) >= 11 is 3.41. The monoisotopic (exact) mass is 579 g/mol. The number of ether oxygens (including phenoxy) is 1. The van der Waals surface area contributed by atoms with Crippen LogP contribution in [0.5, 0.6) is 5.75 Å². The number of para-hydroxylation sites is 2. The van der Waals surface area contributed by atoms with Crippen LogP contribution in [0, 0.1) is 0 Å². The van der Waals surface area contributed by atoms with Crippen LogP contribution in [0.15, 0.2) is 53.0 Å². The van der Waals surface area contributed by atoms with Crippen LogP contribution in [-0.4, -0.2) is 57.1 Å². The Kier molecular flexibility index (Phi) is 9.78. The fourth-order valence-electron chi connectivity index (χ4n) is 4.37. The van der Waals surface area contributed by atoms with Crippen molar-refractivity contribution in [1.82, 2.24) is 10.2 Å².